The van der Waals surface area contributed by atoms with Gasteiger partial charge in [-0.3, -0.25) is 0 Å². The van der Waals surface area contributed by atoms with Crippen molar-refractivity contribution in [3.8, 4) is 0 Å². The van der Waals surface area contributed by atoms with E-state index in [4.69, 9.17) is 4.42 Å². The summed E-state index contributed by atoms with van der Waals surface area (Å²) in [6, 6.07) is 12.9. The molecule has 4 nitrogen and oxygen atoms in total. The number of hydrogen-bond donors (Lipinski definition) is 0. The molecule has 0 spiro atoms. The van der Waals surface area contributed by atoms with E-state index in [0.29, 0.717) is 5.76 Å². The maximum atomic E-state index is 12.1. The Morgan fingerprint density at radius 2 is 1.85 bits per heavy atom. The summed E-state index contributed by atoms with van der Waals surface area (Å²) in [5.74, 6) is 1.40. The van der Waals surface area contributed by atoms with Crippen LogP contribution in [0, 0.1) is 6.92 Å². The Hall–Kier alpha value is -1.85. The van der Waals surface area contributed by atoms with Crippen molar-refractivity contribution in [1.82, 2.24) is 4.31 Å². The maximum absolute atomic E-state index is 12.1. The topological polar surface area (TPSA) is 50.5 Å². The van der Waals surface area contributed by atoms with Crippen LogP contribution in [0.3, 0.4) is 0 Å². The zero-order valence-corrected chi connectivity index (χ0v) is 12.3. The van der Waals surface area contributed by atoms with E-state index in [2.05, 4.69) is 0 Å². The lowest BCUT2D eigenvalue weighted by molar-refractivity contribution is 0.401. The molecule has 0 aliphatic heterocycles. The van der Waals surface area contributed by atoms with Gasteiger partial charge in [-0.1, -0.05) is 30.3 Å². The zero-order valence-electron chi connectivity index (χ0n) is 11.5. The molecule has 0 amide bonds. The second-order valence-corrected chi connectivity index (χ2v) is 6.45. The van der Waals surface area contributed by atoms with Gasteiger partial charge in [-0.25, -0.2) is 8.42 Å². The largest absolute Gasteiger partial charge is 0.465 e. The highest BCUT2D eigenvalue weighted by atomic mass is 32.2. The molecule has 5 heteroatoms. The highest BCUT2D eigenvalue weighted by Gasteiger charge is 2.15. The lowest BCUT2D eigenvalue weighted by atomic mass is 10.2. The standard InChI is InChI=1S/C15H17NO3S/c1-13-8-9-15(19-13)12-16(2)20(17,18)11-10-14-6-4-3-5-7-14/h3-11H,12H2,1-2H3. The van der Waals surface area contributed by atoms with Gasteiger partial charge in [0.15, 0.2) is 0 Å². The van der Waals surface area contributed by atoms with Crippen LogP contribution in [0.4, 0.5) is 0 Å². The third kappa shape index (κ3) is 3.82. The summed E-state index contributed by atoms with van der Waals surface area (Å²) in [6.45, 7) is 2.04. The van der Waals surface area contributed by atoms with Gasteiger partial charge in [-0.15, -0.1) is 0 Å². The Kier molecular flexibility index (Phi) is 4.42. The Morgan fingerprint density at radius 3 is 2.45 bits per heavy atom. The molecule has 1 aromatic heterocycles. The second kappa shape index (κ2) is 6.07. The lowest BCUT2D eigenvalue weighted by Gasteiger charge is -2.12. The monoisotopic (exact) mass is 291 g/mol. The van der Waals surface area contributed by atoms with E-state index in [9.17, 15) is 8.42 Å². The van der Waals surface area contributed by atoms with Gasteiger partial charge in [0.05, 0.1) is 6.54 Å². The second-order valence-electron chi connectivity index (χ2n) is 4.53. The van der Waals surface area contributed by atoms with Crippen molar-refractivity contribution >= 4 is 16.1 Å². The number of hydrogen-bond acceptors (Lipinski definition) is 3. The molecule has 0 N–H and O–H groups in total. The molecular formula is C15H17NO3S. The number of aryl methyl sites for hydroxylation is 1. The van der Waals surface area contributed by atoms with E-state index < -0.39 is 10.0 Å². The van der Waals surface area contributed by atoms with Crippen LogP contribution in [0.25, 0.3) is 6.08 Å². The third-order valence-electron chi connectivity index (χ3n) is 2.84. The number of sulfonamides is 1. The van der Waals surface area contributed by atoms with E-state index in [-0.39, 0.29) is 6.54 Å². The SMILES string of the molecule is Cc1ccc(CN(C)S(=O)(=O)C=Cc2ccccc2)o1. The molecule has 0 aliphatic rings. The molecular weight excluding hydrogens is 274 g/mol. The fraction of sp³-hybridized carbons (Fsp3) is 0.200. The van der Waals surface area contributed by atoms with Crippen molar-refractivity contribution in [2.75, 3.05) is 7.05 Å². The van der Waals surface area contributed by atoms with Crippen LogP contribution in [-0.2, 0) is 16.6 Å². The van der Waals surface area contributed by atoms with Gasteiger partial charge in [0.1, 0.15) is 11.5 Å². The van der Waals surface area contributed by atoms with Crippen LogP contribution in [0.2, 0.25) is 0 Å². The van der Waals surface area contributed by atoms with E-state index in [1.807, 2.05) is 43.3 Å². The maximum Gasteiger partial charge on any atom is 0.236 e. The average Bonchev–Trinajstić information content (AvgIpc) is 2.83. The fourth-order valence-electron chi connectivity index (χ4n) is 1.71. The molecule has 0 radical (unpaired) electrons. The quantitative estimate of drug-likeness (QED) is 0.851. The van der Waals surface area contributed by atoms with Gasteiger partial charge in [0.2, 0.25) is 10.0 Å². The van der Waals surface area contributed by atoms with Crippen LogP contribution in [0.5, 0.6) is 0 Å². The van der Waals surface area contributed by atoms with E-state index in [1.165, 1.54) is 16.8 Å². The van der Waals surface area contributed by atoms with Crippen molar-refractivity contribution in [2.45, 2.75) is 13.5 Å². The first kappa shape index (κ1) is 14.6. The van der Waals surface area contributed by atoms with Crippen molar-refractivity contribution in [3.05, 3.63) is 65.0 Å². The van der Waals surface area contributed by atoms with Gasteiger partial charge in [0.25, 0.3) is 0 Å². The molecule has 106 valence electrons. The molecule has 0 unspecified atom stereocenters. The Balaban J connectivity index is 2.08. The lowest BCUT2D eigenvalue weighted by Crippen LogP contribution is -2.24. The molecule has 1 aromatic carbocycles. The normalized spacial score (nSPS) is 12.3. The summed E-state index contributed by atoms with van der Waals surface area (Å²) >= 11 is 0. The van der Waals surface area contributed by atoms with Crippen LogP contribution < -0.4 is 0 Å². The van der Waals surface area contributed by atoms with E-state index in [0.717, 1.165) is 11.3 Å². The Labute approximate surface area is 119 Å². The third-order valence-corrected chi connectivity index (χ3v) is 4.32. The predicted molar refractivity (Wildman–Crippen MR) is 79.3 cm³/mol. The number of furan rings is 1. The first-order valence-corrected chi connectivity index (χ1v) is 7.72. The van der Waals surface area contributed by atoms with Gasteiger partial charge in [-0.05, 0) is 30.7 Å². The molecule has 0 saturated heterocycles. The smallest absolute Gasteiger partial charge is 0.236 e. The molecule has 2 aromatic rings. The summed E-state index contributed by atoms with van der Waals surface area (Å²) in [5.41, 5.74) is 0.846. The highest BCUT2D eigenvalue weighted by molar-refractivity contribution is 7.92. The number of benzene rings is 1. The first-order valence-electron chi connectivity index (χ1n) is 6.22. The zero-order chi connectivity index (χ0) is 14.6. The molecule has 0 fully saturated rings. The fourth-order valence-corrected chi connectivity index (χ4v) is 2.56. The number of nitrogens with zero attached hydrogens (tertiary/aromatic N) is 1. The molecule has 0 aliphatic carbocycles. The minimum Gasteiger partial charge on any atom is -0.465 e. The summed E-state index contributed by atoms with van der Waals surface area (Å²) in [4.78, 5) is 0. The summed E-state index contributed by atoms with van der Waals surface area (Å²) in [6.07, 6.45) is 1.58. The van der Waals surface area contributed by atoms with Gasteiger partial charge >= 0.3 is 0 Å². The van der Waals surface area contributed by atoms with Crippen molar-refractivity contribution < 1.29 is 12.8 Å². The molecule has 20 heavy (non-hydrogen) atoms. The summed E-state index contributed by atoms with van der Waals surface area (Å²) in [7, 11) is -1.92. The van der Waals surface area contributed by atoms with Gasteiger partial charge < -0.3 is 4.42 Å². The van der Waals surface area contributed by atoms with Crippen molar-refractivity contribution in [3.63, 3.8) is 0 Å². The van der Waals surface area contributed by atoms with Gasteiger partial charge in [-0.2, -0.15) is 4.31 Å². The Bertz CT molecular complexity index is 687. The van der Waals surface area contributed by atoms with E-state index in [1.54, 1.807) is 12.1 Å². The predicted octanol–water partition coefficient (Wildman–Crippen LogP) is 3.02. The minimum atomic E-state index is -3.45. The minimum absolute atomic E-state index is 0.218. The Morgan fingerprint density at radius 1 is 1.15 bits per heavy atom. The number of rotatable bonds is 5. The molecule has 0 bridgehead atoms. The molecule has 0 saturated carbocycles. The van der Waals surface area contributed by atoms with Crippen LogP contribution in [0.15, 0.2) is 52.3 Å². The average molecular weight is 291 g/mol. The molecule has 2 rings (SSSR count). The molecule has 0 atom stereocenters. The summed E-state index contributed by atoms with van der Waals surface area (Å²) in [5, 5.41) is 1.21. The van der Waals surface area contributed by atoms with Gasteiger partial charge in [0, 0.05) is 12.5 Å². The van der Waals surface area contributed by atoms with E-state index >= 15 is 0 Å². The highest BCUT2D eigenvalue weighted by Crippen LogP contribution is 2.13. The molecule has 1 heterocycles. The van der Waals surface area contributed by atoms with Crippen LogP contribution in [-0.4, -0.2) is 19.8 Å². The first-order chi connectivity index (χ1) is 9.47. The summed E-state index contributed by atoms with van der Waals surface area (Å²) < 4.78 is 30.9. The van der Waals surface area contributed by atoms with Crippen LogP contribution >= 0.6 is 0 Å². The van der Waals surface area contributed by atoms with Crippen molar-refractivity contribution in [2.24, 2.45) is 0 Å². The van der Waals surface area contributed by atoms with Crippen LogP contribution in [0.1, 0.15) is 17.1 Å². The van der Waals surface area contributed by atoms with Crippen molar-refractivity contribution in [1.29, 1.82) is 0 Å².